The normalized spacial score (nSPS) is 23.7. The van der Waals surface area contributed by atoms with Crippen LogP contribution in [0.25, 0.3) is 0 Å². The van der Waals surface area contributed by atoms with Crippen molar-refractivity contribution >= 4 is 0 Å². The standard InChI is InChI=1S/C16H26N2O/c1-13(2)14-7-3-4-8-15(14)17-10-12-18-11-6-5-9-16(18)19/h5-6,9,11,13-15,17H,3-4,7-8,10,12H2,1-2H3. The lowest BCUT2D eigenvalue weighted by Crippen LogP contribution is -2.42. The van der Waals surface area contributed by atoms with Crippen molar-refractivity contribution in [3.8, 4) is 0 Å². The second-order valence-corrected chi connectivity index (χ2v) is 5.99. The first-order valence-corrected chi connectivity index (χ1v) is 7.57. The molecular formula is C16H26N2O. The lowest BCUT2D eigenvalue weighted by atomic mass is 9.78. The molecule has 1 aromatic rings. The Balaban J connectivity index is 1.84. The summed E-state index contributed by atoms with van der Waals surface area (Å²) < 4.78 is 1.78. The van der Waals surface area contributed by atoms with Gasteiger partial charge in [0.2, 0.25) is 0 Å². The molecule has 0 saturated heterocycles. The third-order valence-electron chi connectivity index (χ3n) is 4.33. The molecule has 2 atom stereocenters. The van der Waals surface area contributed by atoms with E-state index in [1.54, 1.807) is 16.7 Å². The van der Waals surface area contributed by atoms with Crippen molar-refractivity contribution in [2.45, 2.75) is 52.1 Å². The van der Waals surface area contributed by atoms with Gasteiger partial charge in [-0.25, -0.2) is 0 Å². The fraction of sp³-hybridized carbons (Fsp3) is 0.688. The van der Waals surface area contributed by atoms with Gasteiger partial charge < -0.3 is 9.88 Å². The maximum atomic E-state index is 11.6. The third kappa shape index (κ3) is 3.93. The summed E-state index contributed by atoms with van der Waals surface area (Å²) in [5.41, 5.74) is 0.0911. The second kappa shape index (κ2) is 6.90. The van der Waals surface area contributed by atoms with Crippen molar-refractivity contribution in [3.05, 3.63) is 34.7 Å². The summed E-state index contributed by atoms with van der Waals surface area (Å²) in [7, 11) is 0. The van der Waals surface area contributed by atoms with Crippen molar-refractivity contribution in [2.24, 2.45) is 11.8 Å². The van der Waals surface area contributed by atoms with Crippen LogP contribution in [0.3, 0.4) is 0 Å². The topological polar surface area (TPSA) is 34.0 Å². The number of pyridine rings is 1. The van der Waals surface area contributed by atoms with Crippen molar-refractivity contribution in [3.63, 3.8) is 0 Å². The first kappa shape index (κ1) is 14.3. The molecule has 1 fully saturated rings. The zero-order chi connectivity index (χ0) is 13.7. The summed E-state index contributed by atoms with van der Waals surface area (Å²) >= 11 is 0. The minimum absolute atomic E-state index is 0.0911. The molecule has 106 valence electrons. The Labute approximate surface area is 116 Å². The molecule has 0 radical (unpaired) electrons. The molecule has 1 heterocycles. The molecular weight excluding hydrogens is 236 g/mol. The fourth-order valence-corrected chi connectivity index (χ4v) is 3.23. The predicted octanol–water partition coefficient (Wildman–Crippen LogP) is 2.65. The lowest BCUT2D eigenvalue weighted by Gasteiger charge is -2.35. The van der Waals surface area contributed by atoms with E-state index in [-0.39, 0.29) is 5.56 Å². The van der Waals surface area contributed by atoms with Crippen molar-refractivity contribution < 1.29 is 0 Å². The summed E-state index contributed by atoms with van der Waals surface area (Å²) in [6.45, 7) is 6.30. The van der Waals surface area contributed by atoms with Crippen LogP contribution in [0.4, 0.5) is 0 Å². The third-order valence-corrected chi connectivity index (χ3v) is 4.33. The number of aromatic nitrogens is 1. The van der Waals surface area contributed by atoms with E-state index in [0.29, 0.717) is 6.04 Å². The maximum absolute atomic E-state index is 11.6. The smallest absolute Gasteiger partial charge is 0.250 e. The average Bonchev–Trinajstić information content (AvgIpc) is 2.41. The van der Waals surface area contributed by atoms with Gasteiger partial charge in [0, 0.05) is 31.4 Å². The molecule has 2 rings (SSSR count). The van der Waals surface area contributed by atoms with Crippen LogP contribution in [-0.2, 0) is 6.54 Å². The van der Waals surface area contributed by atoms with Gasteiger partial charge in [0.05, 0.1) is 0 Å². The molecule has 1 aromatic heterocycles. The predicted molar refractivity (Wildman–Crippen MR) is 79.3 cm³/mol. The van der Waals surface area contributed by atoms with Gasteiger partial charge in [-0.2, -0.15) is 0 Å². The van der Waals surface area contributed by atoms with E-state index in [1.807, 2.05) is 12.3 Å². The van der Waals surface area contributed by atoms with E-state index in [4.69, 9.17) is 0 Å². The van der Waals surface area contributed by atoms with Gasteiger partial charge in [0.25, 0.3) is 5.56 Å². The highest BCUT2D eigenvalue weighted by Crippen LogP contribution is 2.29. The molecule has 1 aliphatic rings. The fourth-order valence-electron chi connectivity index (χ4n) is 3.23. The van der Waals surface area contributed by atoms with Gasteiger partial charge in [-0.3, -0.25) is 4.79 Å². The zero-order valence-electron chi connectivity index (χ0n) is 12.1. The molecule has 19 heavy (non-hydrogen) atoms. The highest BCUT2D eigenvalue weighted by atomic mass is 16.1. The van der Waals surface area contributed by atoms with Gasteiger partial charge in [0.1, 0.15) is 0 Å². The average molecular weight is 262 g/mol. The number of nitrogens with one attached hydrogen (secondary N) is 1. The molecule has 0 spiro atoms. The lowest BCUT2D eigenvalue weighted by molar-refractivity contribution is 0.204. The molecule has 3 heteroatoms. The Bertz CT molecular complexity index is 438. The quantitative estimate of drug-likeness (QED) is 0.885. The van der Waals surface area contributed by atoms with Crippen LogP contribution < -0.4 is 10.9 Å². The zero-order valence-corrected chi connectivity index (χ0v) is 12.1. The molecule has 0 aromatic carbocycles. The van der Waals surface area contributed by atoms with E-state index in [1.165, 1.54) is 25.7 Å². The minimum atomic E-state index is 0.0911. The van der Waals surface area contributed by atoms with Crippen molar-refractivity contribution in [1.29, 1.82) is 0 Å². The minimum Gasteiger partial charge on any atom is -0.314 e. The Morgan fingerprint density at radius 2 is 2.11 bits per heavy atom. The van der Waals surface area contributed by atoms with Crippen LogP contribution in [0.5, 0.6) is 0 Å². The molecule has 3 nitrogen and oxygen atoms in total. The largest absolute Gasteiger partial charge is 0.314 e. The molecule has 2 unspecified atom stereocenters. The number of hydrogen-bond donors (Lipinski definition) is 1. The van der Waals surface area contributed by atoms with Gasteiger partial charge in [-0.15, -0.1) is 0 Å². The summed E-state index contributed by atoms with van der Waals surface area (Å²) in [5, 5.41) is 3.67. The van der Waals surface area contributed by atoms with Gasteiger partial charge >= 0.3 is 0 Å². The van der Waals surface area contributed by atoms with Crippen LogP contribution in [-0.4, -0.2) is 17.2 Å². The van der Waals surface area contributed by atoms with Crippen LogP contribution in [0.15, 0.2) is 29.2 Å². The monoisotopic (exact) mass is 262 g/mol. The maximum Gasteiger partial charge on any atom is 0.250 e. The Kier molecular flexibility index (Phi) is 5.20. The number of hydrogen-bond acceptors (Lipinski definition) is 2. The van der Waals surface area contributed by atoms with E-state index in [0.717, 1.165) is 24.9 Å². The number of rotatable bonds is 5. The first-order chi connectivity index (χ1) is 9.18. The van der Waals surface area contributed by atoms with Crippen LogP contribution >= 0.6 is 0 Å². The molecule has 1 N–H and O–H groups in total. The van der Waals surface area contributed by atoms with Crippen LogP contribution in [0, 0.1) is 11.8 Å². The highest BCUT2D eigenvalue weighted by molar-refractivity contribution is 4.93. The molecule has 0 amide bonds. The van der Waals surface area contributed by atoms with E-state index < -0.39 is 0 Å². The van der Waals surface area contributed by atoms with E-state index in [9.17, 15) is 4.79 Å². The van der Waals surface area contributed by atoms with Crippen molar-refractivity contribution in [1.82, 2.24) is 9.88 Å². The van der Waals surface area contributed by atoms with Crippen LogP contribution in [0.2, 0.25) is 0 Å². The molecule has 1 aliphatic carbocycles. The number of nitrogens with zero attached hydrogens (tertiary/aromatic N) is 1. The molecule has 0 bridgehead atoms. The highest BCUT2D eigenvalue weighted by Gasteiger charge is 2.26. The van der Waals surface area contributed by atoms with Gasteiger partial charge in [-0.05, 0) is 30.7 Å². The summed E-state index contributed by atoms with van der Waals surface area (Å²) in [6.07, 6.45) is 7.21. The Hall–Kier alpha value is -1.09. The summed E-state index contributed by atoms with van der Waals surface area (Å²) in [6, 6.07) is 5.96. The second-order valence-electron chi connectivity index (χ2n) is 5.99. The van der Waals surface area contributed by atoms with Crippen LogP contribution in [0.1, 0.15) is 39.5 Å². The SMILES string of the molecule is CC(C)C1CCCCC1NCCn1ccccc1=O. The van der Waals surface area contributed by atoms with E-state index >= 15 is 0 Å². The summed E-state index contributed by atoms with van der Waals surface area (Å²) in [4.78, 5) is 11.6. The van der Waals surface area contributed by atoms with Gasteiger partial charge in [0.15, 0.2) is 0 Å². The van der Waals surface area contributed by atoms with Gasteiger partial charge in [-0.1, -0.05) is 32.8 Å². The molecule has 1 saturated carbocycles. The summed E-state index contributed by atoms with van der Waals surface area (Å²) in [5.74, 6) is 1.54. The Morgan fingerprint density at radius 3 is 2.84 bits per heavy atom. The van der Waals surface area contributed by atoms with E-state index in [2.05, 4.69) is 19.2 Å². The molecule has 0 aliphatic heterocycles. The first-order valence-electron chi connectivity index (χ1n) is 7.57. The Morgan fingerprint density at radius 1 is 1.32 bits per heavy atom. The van der Waals surface area contributed by atoms with Crippen molar-refractivity contribution in [2.75, 3.05) is 6.54 Å².